The molecule has 96 valence electrons. The van der Waals surface area contributed by atoms with Crippen LogP contribution >= 0.6 is 0 Å². The van der Waals surface area contributed by atoms with Gasteiger partial charge in [-0.15, -0.1) is 0 Å². The van der Waals surface area contributed by atoms with Gasteiger partial charge in [0.25, 0.3) is 0 Å². The number of ether oxygens (including phenoxy) is 1. The molecule has 0 aromatic heterocycles. The first-order chi connectivity index (χ1) is 7.31. The van der Waals surface area contributed by atoms with Gasteiger partial charge in [0.2, 0.25) is 10.0 Å². The highest BCUT2D eigenvalue weighted by Gasteiger charge is 2.22. The van der Waals surface area contributed by atoms with Gasteiger partial charge in [-0.25, -0.2) is 8.42 Å². The SMILES string of the molecule is COCC(C)N(C)S(=O)(=O)CCCC(=O)O. The van der Waals surface area contributed by atoms with E-state index in [0.29, 0.717) is 6.61 Å². The summed E-state index contributed by atoms with van der Waals surface area (Å²) in [4.78, 5) is 10.3. The standard InChI is InChI=1S/C9H19NO5S/c1-8(7-15-3)10(2)16(13,14)6-4-5-9(11)12/h8H,4-7H2,1-3H3,(H,11,12). The summed E-state index contributed by atoms with van der Waals surface area (Å²) in [7, 11) is -0.414. The van der Waals surface area contributed by atoms with Crippen LogP contribution in [0.3, 0.4) is 0 Å². The third-order valence-electron chi connectivity index (χ3n) is 2.26. The Kier molecular flexibility index (Phi) is 6.54. The number of methoxy groups -OCH3 is 1. The first kappa shape index (κ1) is 15.3. The van der Waals surface area contributed by atoms with Crippen LogP contribution in [-0.4, -0.2) is 56.4 Å². The molecule has 6 nitrogen and oxygen atoms in total. The van der Waals surface area contributed by atoms with Gasteiger partial charge < -0.3 is 9.84 Å². The fourth-order valence-corrected chi connectivity index (χ4v) is 2.58. The molecule has 0 spiro atoms. The minimum Gasteiger partial charge on any atom is -0.481 e. The van der Waals surface area contributed by atoms with Crippen LogP contribution in [0.4, 0.5) is 0 Å². The summed E-state index contributed by atoms with van der Waals surface area (Å²) < 4.78 is 29.5. The van der Waals surface area contributed by atoms with Crippen molar-refractivity contribution in [2.45, 2.75) is 25.8 Å². The van der Waals surface area contributed by atoms with E-state index in [0.717, 1.165) is 0 Å². The van der Waals surface area contributed by atoms with Crippen molar-refractivity contribution in [1.82, 2.24) is 4.31 Å². The number of carboxylic acid groups (broad SMARTS) is 1. The molecule has 0 aromatic rings. The molecule has 0 saturated heterocycles. The van der Waals surface area contributed by atoms with Gasteiger partial charge in [0.15, 0.2) is 0 Å². The topological polar surface area (TPSA) is 83.9 Å². The molecule has 1 N–H and O–H groups in total. The summed E-state index contributed by atoms with van der Waals surface area (Å²) >= 11 is 0. The molecule has 0 aliphatic rings. The van der Waals surface area contributed by atoms with E-state index in [9.17, 15) is 13.2 Å². The Morgan fingerprint density at radius 3 is 2.50 bits per heavy atom. The van der Waals surface area contributed by atoms with E-state index >= 15 is 0 Å². The maximum atomic E-state index is 11.7. The number of aliphatic carboxylic acids is 1. The summed E-state index contributed by atoms with van der Waals surface area (Å²) in [5.41, 5.74) is 0. The molecule has 0 bridgehead atoms. The molecule has 0 aromatic carbocycles. The summed E-state index contributed by atoms with van der Waals surface area (Å²) in [6, 6.07) is -0.250. The highest BCUT2D eigenvalue weighted by atomic mass is 32.2. The molecule has 1 atom stereocenters. The van der Waals surface area contributed by atoms with Gasteiger partial charge in [0.05, 0.1) is 12.4 Å². The fourth-order valence-electron chi connectivity index (χ4n) is 1.17. The predicted octanol–water partition coefficient (Wildman–Crippen LogP) is 0.148. The van der Waals surface area contributed by atoms with Crippen molar-refractivity contribution in [1.29, 1.82) is 0 Å². The van der Waals surface area contributed by atoms with Gasteiger partial charge in [-0.1, -0.05) is 0 Å². The quantitative estimate of drug-likeness (QED) is 0.665. The van der Waals surface area contributed by atoms with E-state index in [-0.39, 0.29) is 24.6 Å². The summed E-state index contributed by atoms with van der Waals surface area (Å²) in [6.45, 7) is 2.05. The largest absolute Gasteiger partial charge is 0.481 e. The van der Waals surface area contributed by atoms with Crippen molar-refractivity contribution in [2.24, 2.45) is 0 Å². The average Bonchev–Trinajstić information content (AvgIpc) is 2.16. The Bertz CT molecular complexity index is 314. The molecular weight excluding hydrogens is 234 g/mol. The Morgan fingerprint density at radius 1 is 1.50 bits per heavy atom. The van der Waals surface area contributed by atoms with E-state index in [1.165, 1.54) is 18.5 Å². The lowest BCUT2D eigenvalue weighted by Crippen LogP contribution is -2.39. The van der Waals surface area contributed by atoms with Gasteiger partial charge in [0.1, 0.15) is 0 Å². The number of hydrogen-bond donors (Lipinski definition) is 1. The zero-order chi connectivity index (χ0) is 12.8. The average molecular weight is 253 g/mol. The minimum atomic E-state index is -3.39. The van der Waals surface area contributed by atoms with Crippen LogP contribution in [0.15, 0.2) is 0 Å². The summed E-state index contributed by atoms with van der Waals surface area (Å²) in [6.07, 6.45) is -0.00651. The van der Waals surface area contributed by atoms with Crippen molar-refractivity contribution in [3.8, 4) is 0 Å². The molecule has 0 aliphatic carbocycles. The second kappa shape index (κ2) is 6.82. The third-order valence-corrected chi connectivity index (χ3v) is 4.30. The molecule has 1 unspecified atom stereocenters. The van der Waals surface area contributed by atoms with Crippen molar-refractivity contribution in [3.05, 3.63) is 0 Å². The first-order valence-corrected chi connectivity index (χ1v) is 6.58. The summed E-state index contributed by atoms with van der Waals surface area (Å²) in [5.74, 6) is -1.13. The van der Waals surface area contributed by atoms with E-state index in [2.05, 4.69) is 0 Å². The van der Waals surface area contributed by atoms with Gasteiger partial charge in [0, 0.05) is 26.6 Å². The van der Waals surface area contributed by atoms with Crippen molar-refractivity contribution >= 4 is 16.0 Å². The van der Waals surface area contributed by atoms with E-state index in [4.69, 9.17) is 9.84 Å². The lowest BCUT2D eigenvalue weighted by Gasteiger charge is -2.23. The highest BCUT2D eigenvalue weighted by molar-refractivity contribution is 7.89. The first-order valence-electron chi connectivity index (χ1n) is 4.97. The monoisotopic (exact) mass is 253 g/mol. The van der Waals surface area contributed by atoms with Crippen LogP contribution < -0.4 is 0 Å². The number of rotatable bonds is 8. The van der Waals surface area contributed by atoms with Crippen molar-refractivity contribution < 1.29 is 23.1 Å². The maximum Gasteiger partial charge on any atom is 0.303 e. The number of nitrogens with zero attached hydrogens (tertiary/aromatic N) is 1. The fraction of sp³-hybridized carbons (Fsp3) is 0.889. The van der Waals surface area contributed by atoms with E-state index < -0.39 is 16.0 Å². The zero-order valence-corrected chi connectivity index (χ0v) is 10.7. The lowest BCUT2D eigenvalue weighted by atomic mass is 10.3. The van der Waals surface area contributed by atoms with Gasteiger partial charge in [-0.2, -0.15) is 4.31 Å². The van der Waals surface area contributed by atoms with Crippen LogP contribution in [0.5, 0.6) is 0 Å². The molecule has 0 amide bonds. The Hall–Kier alpha value is -0.660. The van der Waals surface area contributed by atoms with Crippen LogP contribution in [0.1, 0.15) is 19.8 Å². The zero-order valence-electron chi connectivity index (χ0n) is 9.84. The molecule has 16 heavy (non-hydrogen) atoms. The Balaban J connectivity index is 4.25. The molecule has 0 radical (unpaired) electrons. The van der Waals surface area contributed by atoms with Crippen LogP contribution in [0, 0.1) is 0 Å². The van der Waals surface area contributed by atoms with Gasteiger partial charge in [-0.3, -0.25) is 4.79 Å². The second-order valence-electron chi connectivity index (χ2n) is 3.63. The third kappa shape index (κ3) is 5.43. The molecule has 0 saturated carbocycles. The van der Waals surface area contributed by atoms with Gasteiger partial charge >= 0.3 is 5.97 Å². The van der Waals surface area contributed by atoms with Crippen LogP contribution in [0.25, 0.3) is 0 Å². The summed E-state index contributed by atoms with van der Waals surface area (Å²) in [5, 5.41) is 8.41. The molecule has 0 fully saturated rings. The lowest BCUT2D eigenvalue weighted by molar-refractivity contribution is -0.137. The molecule has 0 rings (SSSR count). The molecular formula is C9H19NO5S. The normalized spacial score (nSPS) is 14.0. The number of sulfonamides is 1. The highest BCUT2D eigenvalue weighted by Crippen LogP contribution is 2.07. The van der Waals surface area contributed by atoms with E-state index in [1.807, 2.05) is 0 Å². The minimum absolute atomic E-state index is 0.127. The van der Waals surface area contributed by atoms with Crippen molar-refractivity contribution in [2.75, 3.05) is 26.5 Å². The van der Waals surface area contributed by atoms with Crippen LogP contribution in [0.2, 0.25) is 0 Å². The van der Waals surface area contributed by atoms with E-state index in [1.54, 1.807) is 6.92 Å². The number of carboxylic acids is 1. The smallest absolute Gasteiger partial charge is 0.303 e. The van der Waals surface area contributed by atoms with Gasteiger partial charge in [-0.05, 0) is 13.3 Å². The number of likely N-dealkylation sites (N-methyl/N-ethyl adjacent to an activating group) is 1. The number of hydrogen-bond acceptors (Lipinski definition) is 4. The molecule has 7 heteroatoms. The Morgan fingerprint density at radius 2 is 2.06 bits per heavy atom. The predicted molar refractivity (Wildman–Crippen MR) is 59.8 cm³/mol. The molecule has 0 aliphatic heterocycles. The second-order valence-corrected chi connectivity index (χ2v) is 5.78. The number of carbonyl (C=O) groups is 1. The molecule has 0 heterocycles. The Labute approximate surface area is 96.2 Å². The van der Waals surface area contributed by atoms with Crippen LogP contribution in [-0.2, 0) is 19.6 Å². The maximum absolute atomic E-state index is 11.7. The van der Waals surface area contributed by atoms with Crippen molar-refractivity contribution in [3.63, 3.8) is 0 Å².